The Bertz CT molecular complexity index is 787. The van der Waals surface area contributed by atoms with Crippen LogP contribution >= 0.6 is 0 Å². The van der Waals surface area contributed by atoms with Gasteiger partial charge >= 0.3 is 31.1 Å². The number of alkyl halides is 6. The minimum absolute atomic E-state index is 0.123. The van der Waals surface area contributed by atoms with Crippen molar-refractivity contribution in [1.82, 2.24) is 8.25 Å². The largest absolute Gasteiger partial charge is 0.512 e. The zero-order chi connectivity index (χ0) is 19.1. The summed E-state index contributed by atoms with van der Waals surface area (Å²) in [5.74, 6) is 0. The van der Waals surface area contributed by atoms with E-state index >= 15 is 0 Å². The predicted molar refractivity (Wildman–Crippen MR) is 58.9 cm³/mol. The molecule has 0 atom stereocenters. The number of halogens is 6. The molecule has 0 fully saturated rings. The summed E-state index contributed by atoms with van der Waals surface area (Å²) in [5, 5.41) is -2.75. The van der Waals surface area contributed by atoms with E-state index in [0.717, 1.165) is 0 Å². The van der Waals surface area contributed by atoms with Crippen molar-refractivity contribution in [3.05, 3.63) is 0 Å². The van der Waals surface area contributed by atoms with Gasteiger partial charge in [-0.2, -0.15) is 26.3 Å². The van der Waals surface area contributed by atoms with Crippen LogP contribution in [0, 0.1) is 0 Å². The van der Waals surface area contributed by atoms with E-state index in [0.29, 0.717) is 0 Å². The van der Waals surface area contributed by atoms with Gasteiger partial charge < -0.3 is 0 Å². The lowest BCUT2D eigenvalue weighted by molar-refractivity contribution is -0.0446. The lowest BCUT2D eigenvalue weighted by Crippen LogP contribution is -2.46. The second-order valence-corrected chi connectivity index (χ2v) is 11.1. The van der Waals surface area contributed by atoms with E-state index in [9.17, 15) is 60.0 Å². The molecular formula is C3H4F6N2O8S4. The zero-order valence-electron chi connectivity index (χ0n) is 9.87. The maximum Gasteiger partial charge on any atom is 0.512 e. The third kappa shape index (κ3) is 6.37. The molecule has 2 N–H and O–H groups in total. The highest BCUT2D eigenvalue weighted by Crippen LogP contribution is 2.23. The first-order valence-electron chi connectivity index (χ1n) is 4.27. The Morgan fingerprint density at radius 2 is 0.783 bits per heavy atom. The molecule has 20 heteroatoms. The molecule has 0 aliphatic heterocycles. The van der Waals surface area contributed by atoms with Crippen LogP contribution in [0.4, 0.5) is 26.3 Å². The molecule has 0 saturated heterocycles. The van der Waals surface area contributed by atoms with Gasteiger partial charge in [-0.05, 0) is 0 Å². The minimum Gasteiger partial charge on any atom is -0.210 e. The summed E-state index contributed by atoms with van der Waals surface area (Å²) in [6, 6.07) is 0. The lowest BCUT2D eigenvalue weighted by atomic mass is 11.6. The number of hydrogen-bond donors (Lipinski definition) is 2. The molecule has 0 aromatic carbocycles. The minimum atomic E-state index is -6.60. The molecule has 10 nitrogen and oxygen atoms in total. The predicted octanol–water partition coefficient (Wildman–Crippen LogP) is -1.52. The van der Waals surface area contributed by atoms with E-state index in [4.69, 9.17) is 0 Å². The number of rotatable bonds is 6. The summed E-state index contributed by atoms with van der Waals surface area (Å²) in [5.41, 5.74) is -12.4. The zero-order valence-corrected chi connectivity index (χ0v) is 13.1. The maximum atomic E-state index is 11.9. The SMILES string of the molecule is O=S(=O)(CS(=O)(=O)NS(=O)(=O)C(F)(F)F)NS(=O)(=O)C(F)(F)F. The summed E-state index contributed by atoms with van der Waals surface area (Å²) in [6.45, 7) is 0. The van der Waals surface area contributed by atoms with Crippen LogP contribution in [0.2, 0.25) is 0 Å². The van der Waals surface area contributed by atoms with Crippen molar-refractivity contribution in [2.75, 3.05) is 5.08 Å². The molecule has 0 aromatic heterocycles. The van der Waals surface area contributed by atoms with E-state index in [-0.39, 0.29) is 8.25 Å². The number of hydrogen-bond acceptors (Lipinski definition) is 8. The van der Waals surface area contributed by atoms with Gasteiger partial charge in [0.25, 0.3) is 0 Å². The van der Waals surface area contributed by atoms with Gasteiger partial charge in [0.15, 0.2) is 5.08 Å². The van der Waals surface area contributed by atoms with Crippen molar-refractivity contribution < 1.29 is 60.0 Å². The first-order chi connectivity index (χ1) is 9.62. The lowest BCUT2D eigenvalue weighted by Gasteiger charge is -2.12. The molecule has 0 spiro atoms. The topological polar surface area (TPSA) is 161 Å². The normalized spacial score (nSPS) is 15.6. The molecular weight excluding hydrogens is 434 g/mol. The van der Waals surface area contributed by atoms with Gasteiger partial charge in [-0.3, -0.25) is 0 Å². The van der Waals surface area contributed by atoms with Gasteiger partial charge in [0.05, 0.1) is 0 Å². The smallest absolute Gasteiger partial charge is 0.210 e. The van der Waals surface area contributed by atoms with Gasteiger partial charge in [0, 0.05) is 0 Å². The molecule has 0 unspecified atom stereocenters. The molecule has 0 bridgehead atoms. The van der Waals surface area contributed by atoms with Gasteiger partial charge in [-0.15, -0.1) is 8.25 Å². The van der Waals surface area contributed by atoms with Crippen LogP contribution < -0.4 is 8.25 Å². The van der Waals surface area contributed by atoms with E-state index in [1.54, 1.807) is 0 Å². The highest BCUT2D eigenvalue weighted by atomic mass is 32.3. The Hall–Kier alpha value is -0.700. The maximum absolute atomic E-state index is 11.9. The van der Waals surface area contributed by atoms with Crippen molar-refractivity contribution in [1.29, 1.82) is 0 Å². The summed E-state index contributed by atoms with van der Waals surface area (Å²) >= 11 is 0. The van der Waals surface area contributed by atoms with E-state index in [1.165, 1.54) is 0 Å². The van der Waals surface area contributed by atoms with Crippen molar-refractivity contribution in [3.63, 3.8) is 0 Å². The Kier molecular flexibility index (Phi) is 5.80. The van der Waals surface area contributed by atoms with Crippen LogP contribution in [-0.2, 0) is 40.1 Å². The van der Waals surface area contributed by atoms with Crippen LogP contribution in [0.5, 0.6) is 0 Å². The van der Waals surface area contributed by atoms with E-state index < -0.39 is 56.2 Å². The molecule has 0 radical (unpaired) electrons. The van der Waals surface area contributed by atoms with Crippen molar-refractivity contribution >= 4 is 40.1 Å². The third-order valence-electron chi connectivity index (χ3n) is 1.39. The summed E-state index contributed by atoms with van der Waals surface area (Å²) < 4.78 is 157. The van der Waals surface area contributed by atoms with Crippen molar-refractivity contribution in [2.45, 2.75) is 11.0 Å². The highest BCUT2D eigenvalue weighted by Gasteiger charge is 2.51. The monoisotopic (exact) mass is 438 g/mol. The fourth-order valence-electron chi connectivity index (χ4n) is 0.681. The average molecular weight is 438 g/mol. The summed E-state index contributed by atoms with van der Waals surface area (Å²) in [4.78, 5) is 0. The fourth-order valence-corrected chi connectivity index (χ4v) is 7.00. The second-order valence-electron chi connectivity index (χ2n) is 3.41. The molecule has 0 rings (SSSR count). The Morgan fingerprint density at radius 3 is 0.957 bits per heavy atom. The van der Waals surface area contributed by atoms with Crippen molar-refractivity contribution in [3.8, 4) is 0 Å². The molecule has 0 aromatic rings. The molecule has 0 amide bonds. The standard InChI is InChI=1S/C3H4F6N2O8S4/c4-2(5,6)22(16,17)10-20(12,13)1-21(14,15)11-23(18,19)3(7,8)9/h10-11H,1H2. The van der Waals surface area contributed by atoms with Gasteiger partial charge in [-0.25, -0.2) is 33.7 Å². The first kappa shape index (κ1) is 22.3. The highest BCUT2D eigenvalue weighted by molar-refractivity contribution is 8.15. The Morgan fingerprint density at radius 1 is 0.565 bits per heavy atom. The summed E-state index contributed by atoms with van der Waals surface area (Å²) in [7, 11) is -25.1. The van der Waals surface area contributed by atoms with E-state index in [1.807, 2.05) is 0 Å². The molecule has 0 saturated carbocycles. The van der Waals surface area contributed by atoms with Gasteiger partial charge in [0.2, 0.25) is 20.0 Å². The van der Waals surface area contributed by atoms with Crippen molar-refractivity contribution in [2.24, 2.45) is 0 Å². The average Bonchev–Trinajstić information content (AvgIpc) is 2.05. The summed E-state index contributed by atoms with van der Waals surface area (Å²) in [6.07, 6.45) is 0. The first-order valence-corrected chi connectivity index (χ1v) is 10.5. The molecule has 0 heterocycles. The van der Waals surface area contributed by atoms with Crippen LogP contribution in [-0.4, -0.2) is 49.8 Å². The van der Waals surface area contributed by atoms with Crippen LogP contribution in [0.25, 0.3) is 0 Å². The quantitative estimate of drug-likeness (QED) is 0.473. The molecule has 0 aliphatic rings. The van der Waals surface area contributed by atoms with Gasteiger partial charge in [-0.1, -0.05) is 0 Å². The Labute approximate surface area is 125 Å². The number of nitrogens with one attached hydrogen (secondary N) is 2. The Balaban J connectivity index is 5.51. The van der Waals surface area contributed by atoms with Crippen LogP contribution in [0.1, 0.15) is 0 Å². The van der Waals surface area contributed by atoms with Gasteiger partial charge in [0.1, 0.15) is 0 Å². The molecule has 140 valence electrons. The molecule has 0 aliphatic carbocycles. The van der Waals surface area contributed by atoms with Crippen LogP contribution in [0.3, 0.4) is 0 Å². The van der Waals surface area contributed by atoms with E-state index in [2.05, 4.69) is 0 Å². The fraction of sp³-hybridized carbons (Fsp3) is 1.00. The second kappa shape index (κ2) is 5.98. The molecule has 23 heavy (non-hydrogen) atoms. The number of sulfonamides is 4. The van der Waals surface area contributed by atoms with Crippen LogP contribution in [0.15, 0.2) is 0 Å². The third-order valence-corrected chi connectivity index (χ3v) is 8.88.